The fourth-order valence-electron chi connectivity index (χ4n) is 2.75. The molecule has 9 heteroatoms. The van der Waals surface area contributed by atoms with Crippen LogP contribution in [0.3, 0.4) is 0 Å². The molecule has 1 heterocycles. The summed E-state index contributed by atoms with van der Waals surface area (Å²) in [6.45, 7) is -0.394. The van der Waals surface area contributed by atoms with Gasteiger partial charge in [-0.1, -0.05) is 35.3 Å². The molecule has 0 aliphatic carbocycles. The van der Waals surface area contributed by atoms with Crippen LogP contribution in [0.5, 0.6) is 0 Å². The first-order valence-electron chi connectivity index (χ1n) is 8.18. The second-order valence-corrected chi connectivity index (χ2v) is 6.71. The second-order valence-electron chi connectivity index (χ2n) is 5.87. The molecule has 1 amide bonds. The molecule has 1 aromatic heterocycles. The number of fused-ring (bicyclic) bond motifs is 1. The normalized spacial score (nSPS) is 10.6. The Morgan fingerprint density at radius 2 is 2.04 bits per heavy atom. The van der Waals surface area contributed by atoms with Crippen LogP contribution < -0.4 is 10.5 Å². The maximum Gasteiger partial charge on any atom is 0.261 e. The highest BCUT2D eigenvalue weighted by Crippen LogP contribution is 2.24. The van der Waals surface area contributed by atoms with E-state index in [1.54, 1.807) is 6.07 Å². The van der Waals surface area contributed by atoms with Gasteiger partial charge in [0.25, 0.3) is 5.56 Å². The first-order chi connectivity index (χ1) is 13.4. The number of amides is 1. The van der Waals surface area contributed by atoms with E-state index in [1.165, 1.54) is 36.7 Å². The predicted molar refractivity (Wildman–Crippen MR) is 105 cm³/mol. The molecule has 0 saturated heterocycles. The van der Waals surface area contributed by atoms with Crippen molar-refractivity contribution in [3.05, 3.63) is 68.9 Å². The van der Waals surface area contributed by atoms with E-state index in [-0.39, 0.29) is 46.1 Å². The largest absolute Gasteiger partial charge is 0.307 e. The number of nitriles is 1. The maximum absolute atomic E-state index is 14.2. The quantitative estimate of drug-likeness (QED) is 0.631. The van der Waals surface area contributed by atoms with Crippen molar-refractivity contribution in [3.8, 4) is 6.07 Å². The molecule has 3 aromatic rings. The average molecular weight is 419 g/mol. The van der Waals surface area contributed by atoms with Crippen LogP contribution in [-0.4, -0.2) is 22.0 Å². The molecule has 0 bridgehead atoms. The monoisotopic (exact) mass is 418 g/mol. The molecule has 2 aromatic carbocycles. The summed E-state index contributed by atoms with van der Waals surface area (Å²) in [6, 6.07) is 10.5. The number of carbonyl (C=O) groups is 1. The number of hydrogen-bond acceptors (Lipinski definition) is 4. The molecule has 0 saturated carbocycles. The lowest BCUT2D eigenvalue weighted by molar-refractivity contribution is -0.119. The molecule has 28 heavy (non-hydrogen) atoms. The molecule has 6 nitrogen and oxygen atoms in total. The van der Waals surface area contributed by atoms with E-state index in [1.807, 2.05) is 6.07 Å². The van der Waals surface area contributed by atoms with E-state index in [9.17, 15) is 14.0 Å². The number of rotatable bonds is 5. The Morgan fingerprint density at radius 3 is 2.75 bits per heavy atom. The van der Waals surface area contributed by atoms with Gasteiger partial charge in [-0.05, 0) is 24.3 Å². The standard InChI is InChI=1S/C19H13Cl2FN4O2/c20-12-8-13-18(14(21)9-12)24-11-25(19(13)28)10-17(27)26(7-3-6-23)16-5-2-1-4-15(16)22/h1-2,4-5,8-9,11H,3,7,10H2. The number of anilines is 1. The molecule has 0 aliphatic rings. The zero-order chi connectivity index (χ0) is 20.3. The van der Waals surface area contributed by atoms with Gasteiger partial charge >= 0.3 is 0 Å². The molecule has 0 aliphatic heterocycles. The van der Waals surface area contributed by atoms with Crippen molar-refractivity contribution in [3.63, 3.8) is 0 Å². The van der Waals surface area contributed by atoms with Crippen LogP contribution in [0.1, 0.15) is 6.42 Å². The Hall–Kier alpha value is -2.95. The summed E-state index contributed by atoms with van der Waals surface area (Å²) in [5, 5.41) is 9.50. The van der Waals surface area contributed by atoms with Gasteiger partial charge in [-0.2, -0.15) is 5.26 Å². The van der Waals surface area contributed by atoms with Gasteiger partial charge in [0.05, 0.1) is 40.4 Å². The fourth-order valence-corrected chi connectivity index (χ4v) is 3.29. The molecule has 142 valence electrons. The van der Waals surface area contributed by atoms with Crippen LogP contribution in [0.25, 0.3) is 10.9 Å². The zero-order valence-electron chi connectivity index (χ0n) is 14.4. The smallest absolute Gasteiger partial charge is 0.261 e. The second kappa shape index (κ2) is 8.38. The molecule has 0 unspecified atom stereocenters. The lowest BCUT2D eigenvalue weighted by atomic mass is 10.2. The molecule has 0 spiro atoms. The Balaban J connectivity index is 1.98. The van der Waals surface area contributed by atoms with Crippen molar-refractivity contribution < 1.29 is 9.18 Å². The van der Waals surface area contributed by atoms with Crippen LogP contribution in [0, 0.1) is 17.1 Å². The van der Waals surface area contributed by atoms with Gasteiger partial charge in [-0.15, -0.1) is 0 Å². The highest BCUT2D eigenvalue weighted by molar-refractivity contribution is 6.38. The Kier molecular flexibility index (Phi) is 5.93. The van der Waals surface area contributed by atoms with Gasteiger partial charge in [0.1, 0.15) is 12.4 Å². The van der Waals surface area contributed by atoms with E-state index in [4.69, 9.17) is 28.5 Å². The van der Waals surface area contributed by atoms with Gasteiger partial charge in [-0.3, -0.25) is 14.2 Å². The third-order valence-corrected chi connectivity index (χ3v) is 4.55. The van der Waals surface area contributed by atoms with Crippen molar-refractivity contribution >= 4 is 45.7 Å². The van der Waals surface area contributed by atoms with E-state index in [2.05, 4.69) is 4.98 Å². The summed E-state index contributed by atoms with van der Waals surface area (Å²) in [4.78, 5) is 30.8. The first kappa shape index (κ1) is 19.8. The summed E-state index contributed by atoms with van der Waals surface area (Å²) in [5.41, 5.74) is -0.192. The number of carbonyl (C=O) groups excluding carboxylic acids is 1. The van der Waals surface area contributed by atoms with Crippen LogP contribution in [-0.2, 0) is 11.3 Å². The summed E-state index contributed by atoms with van der Waals surface area (Å²) >= 11 is 12.0. The molecule has 3 rings (SSSR count). The van der Waals surface area contributed by atoms with Crippen molar-refractivity contribution in [2.75, 3.05) is 11.4 Å². The molecular formula is C19H13Cl2FN4O2. The molecule has 0 atom stereocenters. The number of benzene rings is 2. The Morgan fingerprint density at radius 1 is 1.29 bits per heavy atom. The topological polar surface area (TPSA) is 79.0 Å². The third kappa shape index (κ3) is 3.98. The van der Waals surface area contributed by atoms with Crippen molar-refractivity contribution in [1.29, 1.82) is 5.26 Å². The van der Waals surface area contributed by atoms with Crippen LogP contribution in [0.4, 0.5) is 10.1 Å². The lowest BCUT2D eigenvalue weighted by Gasteiger charge is -2.22. The van der Waals surface area contributed by atoms with Gasteiger partial charge in [-0.25, -0.2) is 9.37 Å². The molecule has 0 N–H and O–H groups in total. The highest BCUT2D eigenvalue weighted by Gasteiger charge is 2.20. The average Bonchev–Trinajstić information content (AvgIpc) is 2.66. The van der Waals surface area contributed by atoms with Crippen LogP contribution in [0.2, 0.25) is 10.0 Å². The van der Waals surface area contributed by atoms with E-state index >= 15 is 0 Å². The lowest BCUT2D eigenvalue weighted by Crippen LogP contribution is -2.37. The summed E-state index contributed by atoms with van der Waals surface area (Å²) in [6.07, 6.45) is 1.21. The molecule has 0 fully saturated rings. The number of halogens is 3. The molecule has 0 radical (unpaired) electrons. The van der Waals surface area contributed by atoms with E-state index < -0.39 is 17.3 Å². The Bertz CT molecular complexity index is 1160. The van der Waals surface area contributed by atoms with Gasteiger partial charge < -0.3 is 4.90 Å². The molecular weight excluding hydrogens is 406 g/mol. The first-order valence-corrected chi connectivity index (χ1v) is 8.94. The van der Waals surface area contributed by atoms with E-state index in [0.717, 1.165) is 9.47 Å². The minimum atomic E-state index is -0.601. The summed E-state index contributed by atoms with van der Waals surface area (Å²) in [7, 11) is 0. The minimum Gasteiger partial charge on any atom is -0.307 e. The number of aromatic nitrogens is 2. The number of para-hydroxylation sites is 1. The SMILES string of the molecule is N#CCCN(C(=O)Cn1cnc2c(Cl)cc(Cl)cc2c1=O)c1ccccc1F. The summed E-state index contributed by atoms with van der Waals surface area (Å²) < 4.78 is 15.3. The van der Waals surface area contributed by atoms with Gasteiger partial charge in [0.15, 0.2) is 0 Å². The third-order valence-electron chi connectivity index (χ3n) is 4.04. The van der Waals surface area contributed by atoms with Crippen LogP contribution in [0.15, 0.2) is 47.5 Å². The fraction of sp³-hybridized carbons (Fsp3) is 0.158. The number of nitrogens with zero attached hydrogens (tertiary/aromatic N) is 4. The van der Waals surface area contributed by atoms with Crippen molar-refractivity contribution in [2.24, 2.45) is 0 Å². The minimum absolute atomic E-state index is 0.0101. The van der Waals surface area contributed by atoms with Crippen LogP contribution >= 0.6 is 23.2 Å². The highest BCUT2D eigenvalue weighted by atomic mass is 35.5. The van der Waals surface area contributed by atoms with Gasteiger partial charge in [0.2, 0.25) is 5.91 Å². The van der Waals surface area contributed by atoms with Gasteiger partial charge in [0, 0.05) is 11.6 Å². The Labute approximate surface area is 169 Å². The zero-order valence-corrected chi connectivity index (χ0v) is 15.9. The van der Waals surface area contributed by atoms with Crippen molar-refractivity contribution in [2.45, 2.75) is 13.0 Å². The van der Waals surface area contributed by atoms with E-state index in [0.29, 0.717) is 0 Å². The number of hydrogen-bond donors (Lipinski definition) is 0. The summed E-state index contributed by atoms with van der Waals surface area (Å²) in [5.74, 6) is -1.16. The van der Waals surface area contributed by atoms with Crippen molar-refractivity contribution in [1.82, 2.24) is 9.55 Å². The predicted octanol–water partition coefficient (Wildman–Crippen LogP) is 3.79. The maximum atomic E-state index is 14.2.